The molecular formula is C14H20N2O3. The number of hydrogen-bond acceptors (Lipinski definition) is 3. The summed E-state index contributed by atoms with van der Waals surface area (Å²) in [5.41, 5.74) is 0.828. The van der Waals surface area contributed by atoms with E-state index in [0.717, 1.165) is 12.0 Å². The Morgan fingerprint density at radius 3 is 2.58 bits per heavy atom. The van der Waals surface area contributed by atoms with Gasteiger partial charge in [-0.15, -0.1) is 0 Å². The van der Waals surface area contributed by atoms with Gasteiger partial charge in [-0.2, -0.15) is 0 Å². The number of ether oxygens (including phenoxy) is 1. The van der Waals surface area contributed by atoms with Crippen LogP contribution < -0.4 is 15.4 Å². The molecule has 1 atom stereocenters. The number of methoxy groups -OCH3 is 1. The maximum Gasteiger partial charge on any atom is 0.309 e. The molecular weight excluding hydrogens is 244 g/mol. The minimum atomic E-state index is -0.633. The van der Waals surface area contributed by atoms with Crippen molar-refractivity contribution >= 4 is 11.8 Å². The van der Waals surface area contributed by atoms with Gasteiger partial charge in [0.25, 0.3) is 0 Å². The minimum absolute atomic E-state index is 0.00971. The summed E-state index contributed by atoms with van der Waals surface area (Å²) >= 11 is 0. The highest BCUT2D eigenvalue weighted by Crippen LogP contribution is 2.16. The monoisotopic (exact) mass is 264 g/mol. The second-order valence-electron chi connectivity index (χ2n) is 4.28. The van der Waals surface area contributed by atoms with Crippen molar-refractivity contribution in [1.29, 1.82) is 0 Å². The van der Waals surface area contributed by atoms with Crippen molar-refractivity contribution in [3.8, 4) is 5.75 Å². The summed E-state index contributed by atoms with van der Waals surface area (Å²) in [4.78, 5) is 23.1. The molecule has 0 unspecified atom stereocenters. The van der Waals surface area contributed by atoms with Crippen LogP contribution in [0.15, 0.2) is 24.3 Å². The van der Waals surface area contributed by atoms with Crippen molar-refractivity contribution < 1.29 is 14.3 Å². The Kier molecular flexibility index (Phi) is 5.85. The lowest BCUT2D eigenvalue weighted by Crippen LogP contribution is -2.43. The Labute approximate surface area is 113 Å². The first-order valence-corrected chi connectivity index (χ1v) is 6.29. The van der Waals surface area contributed by atoms with Crippen LogP contribution in [0.4, 0.5) is 0 Å². The molecule has 0 spiro atoms. The summed E-state index contributed by atoms with van der Waals surface area (Å²) in [6.45, 7) is 4.06. The number of carbonyl (C=O) groups is 2. The second kappa shape index (κ2) is 7.41. The largest absolute Gasteiger partial charge is 0.496 e. The lowest BCUT2D eigenvalue weighted by molar-refractivity contribution is -0.139. The van der Waals surface area contributed by atoms with Crippen LogP contribution in [0.1, 0.15) is 25.8 Å². The molecule has 0 aliphatic carbocycles. The number of para-hydroxylation sites is 1. The first kappa shape index (κ1) is 15.0. The first-order chi connectivity index (χ1) is 9.08. The maximum atomic E-state index is 11.6. The van der Waals surface area contributed by atoms with Crippen LogP contribution in [-0.4, -0.2) is 25.0 Å². The second-order valence-corrected chi connectivity index (χ2v) is 4.28. The minimum Gasteiger partial charge on any atom is -0.496 e. The summed E-state index contributed by atoms with van der Waals surface area (Å²) in [5.74, 6) is -0.555. The van der Waals surface area contributed by atoms with Crippen molar-refractivity contribution in [3.63, 3.8) is 0 Å². The van der Waals surface area contributed by atoms with E-state index in [1.54, 1.807) is 13.2 Å². The van der Waals surface area contributed by atoms with Gasteiger partial charge >= 0.3 is 11.8 Å². The lowest BCUT2D eigenvalue weighted by Gasteiger charge is -2.12. The highest BCUT2D eigenvalue weighted by molar-refractivity contribution is 6.35. The molecule has 0 saturated heterocycles. The van der Waals surface area contributed by atoms with Crippen LogP contribution in [0.3, 0.4) is 0 Å². The van der Waals surface area contributed by atoms with Gasteiger partial charge in [0.05, 0.1) is 7.11 Å². The zero-order chi connectivity index (χ0) is 14.3. The van der Waals surface area contributed by atoms with Crippen molar-refractivity contribution in [3.05, 3.63) is 29.8 Å². The first-order valence-electron chi connectivity index (χ1n) is 6.29. The molecule has 0 saturated carbocycles. The van der Waals surface area contributed by atoms with Gasteiger partial charge < -0.3 is 15.4 Å². The maximum absolute atomic E-state index is 11.6. The summed E-state index contributed by atoms with van der Waals surface area (Å²) in [7, 11) is 1.57. The normalized spacial score (nSPS) is 11.5. The zero-order valence-corrected chi connectivity index (χ0v) is 11.5. The number of amides is 2. The summed E-state index contributed by atoms with van der Waals surface area (Å²) < 4.78 is 5.17. The van der Waals surface area contributed by atoms with Gasteiger partial charge in [-0.05, 0) is 19.4 Å². The van der Waals surface area contributed by atoms with Crippen molar-refractivity contribution in [2.75, 3.05) is 7.11 Å². The van der Waals surface area contributed by atoms with Gasteiger partial charge in [-0.25, -0.2) is 0 Å². The van der Waals surface area contributed by atoms with Crippen LogP contribution >= 0.6 is 0 Å². The van der Waals surface area contributed by atoms with Crippen LogP contribution in [0.25, 0.3) is 0 Å². The van der Waals surface area contributed by atoms with E-state index in [9.17, 15) is 9.59 Å². The molecule has 104 valence electrons. The van der Waals surface area contributed by atoms with E-state index in [1.807, 2.05) is 32.0 Å². The predicted octanol–water partition coefficient (Wildman–Crippen LogP) is 1.23. The number of nitrogens with one attached hydrogen (secondary N) is 2. The van der Waals surface area contributed by atoms with E-state index in [2.05, 4.69) is 10.6 Å². The SMILES string of the molecule is CC[C@H](C)NC(=O)C(=O)NCc1ccccc1OC. The number of hydrogen-bond donors (Lipinski definition) is 2. The summed E-state index contributed by atoms with van der Waals surface area (Å²) in [6, 6.07) is 7.33. The Hall–Kier alpha value is -2.04. The molecule has 5 heteroatoms. The van der Waals surface area contributed by atoms with E-state index in [0.29, 0.717) is 5.75 Å². The Morgan fingerprint density at radius 2 is 1.95 bits per heavy atom. The topological polar surface area (TPSA) is 67.4 Å². The highest BCUT2D eigenvalue weighted by Gasteiger charge is 2.15. The quantitative estimate of drug-likeness (QED) is 0.786. The average molecular weight is 264 g/mol. The van der Waals surface area contributed by atoms with E-state index in [-0.39, 0.29) is 12.6 Å². The lowest BCUT2D eigenvalue weighted by atomic mass is 10.2. The Balaban J connectivity index is 2.52. The third kappa shape index (κ3) is 4.62. The van der Waals surface area contributed by atoms with E-state index in [1.165, 1.54) is 0 Å². The number of carbonyl (C=O) groups excluding carboxylic acids is 2. The molecule has 2 N–H and O–H groups in total. The van der Waals surface area contributed by atoms with Crippen LogP contribution in [0, 0.1) is 0 Å². The van der Waals surface area contributed by atoms with Crippen LogP contribution in [0.2, 0.25) is 0 Å². The van der Waals surface area contributed by atoms with Gasteiger partial charge in [0, 0.05) is 18.2 Å². The van der Waals surface area contributed by atoms with Gasteiger partial charge in [0.1, 0.15) is 5.75 Å². The van der Waals surface area contributed by atoms with Gasteiger partial charge in [-0.1, -0.05) is 25.1 Å². The molecule has 0 heterocycles. The van der Waals surface area contributed by atoms with Gasteiger partial charge in [0.15, 0.2) is 0 Å². The zero-order valence-electron chi connectivity index (χ0n) is 11.5. The molecule has 19 heavy (non-hydrogen) atoms. The third-order valence-corrected chi connectivity index (χ3v) is 2.83. The smallest absolute Gasteiger partial charge is 0.309 e. The van der Waals surface area contributed by atoms with E-state index < -0.39 is 11.8 Å². The Morgan fingerprint density at radius 1 is 1.26 bits per heavy atom. The fourth-order valence-corrected chi connectivity index (χ4v) is 1.50. The fourth-order valence-electron chi connectivity index (χ4n) is 1.50. The Bertz CT molecular complexity index is 446. The number of benzene rings is 1. The predicted molar refractivity (Wildman–Crippen MR) is 72.7 cm³/mol. The molecule has 1 aromatic rings. The number of rotatable bonds is 5. The van der Waals surface area contributed by atoms with Gasteiger partial charge in [0.2, 0.25) is 0 Å². The molecule has 0 bridgehead atoms. The fraction of sp³-hybridized carbons (Fsp3) is 0.429. The van der Waals surface area contributed by atoms with Crippen LogP contribution in [0.5, 0.6) is 5.75 Å². The van der Waals surface area contributed by atoms with E-state index in [4.69, 9.17) is 4.74 Å². The molecule has 0 fully saturated rings. The van der Waals surface area contributed by atoms with E-state index >= 15 is 0 Å². The summed E-state index contributed by atoms with van der Waals surface area (Å²) in [5, 5.41) is 5.18. The molecule has 5 nitrogen and oxygen atoms in total. The standard InChI is InChI=1S/C14H20N2O3/c1-4-10(2)16-14(18)13(17)15-9-11-7-5-6-8-12(11)19-3/h5-8,10H,4,9H2,1-3H3,(H,15,17)(H,16,18)/t10-/m0/s1. The molecule has 1 aromatic carbocycles. The van der Waals surface area contributed by atoms with Gasteiger partial charge in [-0.3, -0.25) is 9.59 Å². The molecule has 0 aliphatic heterocycles. The molecule has 0 aromatic heterocycles. The molecule has 1 rings (SSSR count). The molecule has 0 radical (unpaired) electrons. The van der Waals surface area contributed by atoms with Crippen molar-refractivity contribution in [1.82, 2.24) is 10.6 Å². The van der Waals surface area contributed by atoms with Crippen LogP contribution in [-0.2, 0) is 16.1 Å². The average Bonchev–Trinajstić information content (AvgIpc) is 2.44. The van der Waals surface area contributed by atoms with Crippen molar-refractivity contribution in [2.45, 2.75) is 32.9 Å². The highest BCUT2D eigenvalue weighted by atomic mass is 16.5. The summed E-state index contributed by atoms with van der Waals surface area (Å²) in [6.07, 6.45) is 0.783. The van der Waals surface area contributed by atoms with Crippen molar-refractivity contribution in [2.24, 2.45) is 0 Å². The molecule has 0 aliphatic rings. The third-order valence-electron chi connectivity index (χ3n) is 2.83. The molecule has 2 amide bonds.